The lowest BCUT2D eigenvalue weighted by molar-refractivity contribution is -0.138. The SMILES string of the molecule is CCCCN(Cc1cccn1Cc1cccc(C(F)(F)F)c1)C(=O)c1ccc(C(F)(F)F)cc1. The van der Waals surface area contributed by atoms with Gasteiger partial charge in [0.2, 0.25) is 0 Å². The third kappa shape index (κ3) is 6.42. The molecule has 182 valence electrons. The Balaban J connectivity index is 1.80. The van der Waals surface area contributed by atoms with Gasteiger partial charge in [0.05, 0.1) is 17.7 Å². The van der Waals surface area contributed by atoms with Gasteiger partial charge in [-0.2, -0.15) is 26.3 Å². The summed E-state index contributed by atoms with van der Waals surface area (Å²) in [5, 5.41) is 0. The van der Waals surface area contributed by atoms with Crippen LogP contribution in [-0.2, 0) is 25.4 Å². The predicted molar refractivity (Wildman–Crippen MR) is 116 cm³/mol. The Bertz CT molecular complexity index is 1100. The Hall–Kier alpha value is -3.23. The first-order valence-electron chi connectivity index (χ1n) is 10.8. The monoisotopic (exact) mass is 482 g/mol. The van der Waals surface area contributed by atoms with Gasteiger partial charge in [0, 0.05) is 30.5 Å². The predicted octanol–water partition coefficient (Wildman–Crippen LogP) is 7.02. The van der Waals surface area contributed by atoms with Crippen molar-refractivity contribution in [1.29, 1.82) is 0 Å². The second-order valence-electron chi connectivity index (χ2n) is 7.98. The number of unbranched alkanes of at least 4 members (excludes halogenated alkanes) is 1. The molecular formula is C25H24F6N2O. The van der Waals surface area contributed by atoms with Gasteiger partial charge >= 0.3 is 12.4 Å². The Morgan fingerprint density at radius 3 is 2.18 bits per heavy atom. The molecule has 0 radical (unpaired) electrons. The third-order valence-electron chi connectivity index (χ3n) is 5.41. The average Bonchev–Trinajstić information content (AvgIpc) is 3.21. The molecule has 0 spiro atoms. The molecule has 0 aliphatic carbocycles. The van der Waals surface area contributed by atoms with Crippen LogP contribution in [0.15, 0.2) is 66.9 Å². The van der Waals surface area contributed by atoms with E-state index in [9.17, 15) is 31.1 Å². The molecule has 0 atom stereocenters. The van der Waals surface area contributed by atoms with E-state index in [2.05, 4.69) is 0 Å². The zero-order valence-corrected chi connectivity index (χ0v) is 18.5. The fourth-order valence-corrected chi connectivity index (χ4v) is 3.57. The van der Waals surface area contributed by atoms with Crippen molar-refractivity contribution in [3.8, 4) is 0 Å². The molecule has 3 aromatic rings. The molecule has 0 saturated heterocycles. The maximum atomic E-state index is 13.1. The highest BCUT2D eigenvalue weighted by Gasteiger charge is 2.31. The molecule has 0 aliphatic heterocycles. The molecule has 9 heteroatoms. The quantitative estimate of drug-likeness (QED) is 0.317. The summed E-state index contributed by atoms with van der Waals surface area (Å²) in [5.74, 6) is -0.408. The van der Waals surface area contributed by atoms with E-state index in [4.69, 9.17) is 0 Å². The number of amides is 1. The third-order valence-corrected chi connectivity index (χ3v) is 5.41. The van der Waals surface area contributed by atoms with E-state index in [1.54, 1.807) is 33.9 Å². The first kappa shape index (κ1) is 25.4. The summed E-state index contributed by atoms with van der Waals surface area (Å²) in [4.78, 5) is 14.6. The van der Waals surface area contributed by atoms with E-state index in [0.29, 0.717) is 24.2 Å². The fraction of sp³-hybridized carbons (Fsp3) is 0.320. The van der Waals surface area contributed by atoms with E-state index in [-0.39, 0.29) is 18.7 Å². The second kappa shape index (κ2) is 10.4. The minimum absolute atomic E-state index is 0.139. The van der Waals surface area contributed by atoms with Crippen molar-refractivity contribution in [2.24, 2.45) is 0 Å². The molecule has 34 heavy (non-hydrogen) atoms. The molecule has 3 nitrogen and oxygen atoms in total. The number of carbonyl (C=O) groups excluding carboxylic acids is 1. The molecule has 0 unspecified atom stereocenters. The van der Waals surface area contributed by atoms with E-state index in [1.807, 2.05) is 6.92 Å². The van der Waals surface area contributed by atoms with E-state index >= 15 is 0 Å². The van der Waals surface area contributed by atoms with Gasteiger partial charge in [-0.15, -0.1) is 0 Å². The van der Waals surface area contributed by atoms with Crippen LogP contribution in [0.5, 0.6) is 0 Å². The van der Waals surface area contributed by atoms with E-state index < -0.39 is 29.4 Å². The van der Waals surface area contributed by atoms with Crippen LogP contribution in [0.2, 0.25) is 0 Å². The van der Waals surface area contributed by atoms with E-state index in [0.717, 1.165) is 42.8 Å². The molecule has 1 aromatic heterocycles. The van der Waals surface area contributed by atoms with Crippen LogP contribution >= 0.6 is 0 Å². The van der Waals surface area contributed by atoms with Crippen LogP contribution in [0.1, 0.15) is 52.5 Å². The normalized spacial score (nSPS) is 12.1. The lowest BCUT2D eigenvalue weighted by Gasteiger charge is -2.24. The smallest absolute Gasteiger partial charge is 0.345 e. The molecule has 3 rings (SSSR count). The van der Waals surface area contributed by atoms with Crippen LogP contribution in [-0.4, -0.2) is 21.9 Å². The van der Waals surface area contributed by atoms with Crippen LogP contribution in [0, 0.1) is 0 Å². The summed E-state index contributed by atoms with van der Waals surface area (Å²) < 4.78 is 79.4. The first-order valence-corrected chi connectivity index (χ1v) is 10.8. The fourth-order valence-electron chi connectivity index (χ4n) is 3.57. The van der Waals surface area contributed by atoms with Crippen LogP contribution in [0.3, 0.4) is 0 Å². The van der Waals surface area contributed by atoms with Gasteiger partial charge in [0.1, 0.15) is 0 Å². The molecule has 0 saturated carbocycles. The highest BCUT2D eigenvalue weighted by atomic mass is 19.4. The zero-order chi connectivity index (χ0) is 24.9. The molecule has 0 aliphatic rings. The largest absolute Gasteiger partial charge is 0.416 e. The summed E-state index contributed by atoms with van der Waals surface area (Å²) in [6.07, 6.45) is -5.72. The summed E-state index contributed by atoms with van der Waals surface area (Å²) in [6.45, 7) is 2.70. The Labute approximate surface area is 193 Å². The Morgan fingerprint density at radius 1 is 0.882 bits per heavy atom. The van der Waals surface area contributed by atoms with Crippen molar-refractivity contribution in [1.82, 2.24) is 9.47 Å². The Morgan fingerprint density at radius 2 is 1.56 bits per heavy atom. The van der Waals surface area contributed by atoms with Gasteiger partial charge < -0.3 is 9.47 Å². The molecule has 0 bridgehead atoms. The summed E-state index contributed by atoms with van der Waals surface area (Å²) in [5.41, 5.74) is -0.268. The molecular weight excluding hydrogens is 458 g/mol. The summed E-state index contributed by atoms with van der Waals surface area (Å²) in [7, 11) is 0. The molecule has 0 fully saturated rings. The lowest BCUT2D eigenvalue weighted by Crippen LogP contribution is -2.32. The van der Waals surface area contributed by atoms with Gasteiger partial charge in [-0.1, -0.05) is 25.5 Å². The molecule has 0 N–H and O–H groups in total. The van der Waals surface area contributed by atoms with Gasteiger partial charge in [0.25, 0.3) is 5.91 Å². The number of hydrogen-bond donors (Lipinski definition) is 0. The van der Waals surface area contributed by atoms with Gasteiger partial charge in [0.15, 0.2) is 0 Å². The van der Waals surface area contributed by atoms with E-state index in [1.165, 1.54) is 6.07 Å². The van der Waals surface area contributed by atoms with Crippen molar-refractivity contribution >= 4 is 5.91 Å². The topological polar surface area (TPSA) is 25.2 Å². The Kier molecular flexibility index (Phi) is 7.74. The number of hydrogen-bond acceptors (Lipinski definition) is 1. The highest BCUT2D eigenvalue weighted by Crippen LogP contribution is 2.30. The van der Waals surface area contributed by atoms with Crippen LogP contribution < -0.4 is 0 Å². The van der Waals surface area contributed by atoms with Crippen LogP contribution in [0.4, 0.5) is 26.3 Å². The van der Waals surface area contributed by atoms with Crippen molar-refractivity contribution < 1.29 is 31.1 Å². The van der Waals surface area contributed by atoms with Crippen molar-refractivity contribution in [3.05, 3.63) is 94.8 Å². The molecule has 1 amide bonds. The minimum atomic E-state index is -4.49. The van der Waals surface area contributed by atoms with Gasteiger partial charge in [-0.05, 0) is 60.5 Å². The van der Waals surface area contributed by atoms with Crippen molar-refractivity contribution in [2.75, 3.05) is 6.54 Å². The van der Waals surface area contributed by atoms with Crippen molar-refractivity contribution in [2.45, 2.75) is 45.2 Å². The molecule has 2 aromatic carbocycles. The van der Waals surface area contributed by atoms with Crippen LogP contribution in [0.25, 0.3) is 0 Å². The number of carbonyl (C=O) groups is 1. The van der Waals surface area contributed by atoms with Crippen molar-refractivity contribution in [3.63, 3.8) is 0 Å². The molecule has 1 heterocycles. The van der Waals surface area contributed by atoms with Gasteiger partial charge in [-0.25, -0.2) is 0 Å². The zero-order valence-electron chi connectivity index (χ0n) is 18.5. The number of halogens is 6. The number of benzene rings is 2. The lowest BCUT2D eigenvalue weighted by atomic mass is 10.1. The van der Waals surface area contributed by atoms with Gasteiger partial charge in [-0.3, -0.25) is 4.79 Å². The maximum Gasteiger partial charge on any atom is 0.416 e. The average molecular weight is 482 g/mol. The second-order valence-corrected chi connectivity index (χ2v) is 7.98. The highest BCUT2D eigenvalue weighted by molar-refractivity contribution is 5.94. The maximum absolute atomic E-state index is 13.1. The number of aromatic nitrogens is 1. The first-order chi connectivity index (χ1) is 16.0. The number of alkyl halides is 6. The standard InChI is InChI=1S/C25H24F6N2O/c1-2-3-13-33(23(34)19-9-11-20(12-10-19)24(26,27)28)17-22-8-5-14-32(22)16-18-6-4-7-21(15-18)25(29,30)31/h4-12,14-15H,2-3,13,16-17H2,1H3. The summed E-state index contributed by atoms with van der Waals surface area (Å²) in [6, 6.07) is 12.6. The number of nitrogens with zero attached hydrogens (tertiary/aromatic N) is 2. The number of rotatable bonds is 8. The minimum Gasteiger partial charge on any atom is -0.345 e. The summed E-state index contributed by atoms with van der Waals surface area (Å²) >= 11 is 0.